The summed E-state index contributed by atoms with van der Waals surface area (Å²) >= 11 is 3.40. The topological polar surface area (TPSA) is 76.9 Å². The summed E-state index contributed by atoms with van der Waals surface area (Å²) in [5.74, 6) is 1.79. The summed E-state index contributed by atoms with van der Waals surface area (Å²) in [6.45, 7) is 2.76. The van der Waals surface area contributed by atoms with Gasteiger partial charge in [-0.05, 0) is 55.7 Å². The summed E-state index contributed by atoms with van der Waals surface area (Å²) in [5, 5.41) is 8.69. The summed E-state index contributed by atoms with van der Waals surface area (Å²) in [6.07, 6.45) is 4.36. The molecule has 2 aromatic carbocycles. The van der Waals surface area contributed by atoms with E-state index in [2.05, 4.69) is 35.4 Å². The van der Waals surface area contributed by atoms with Crippen molar-refractivity contribution in [1.29, 1.82) is 0 Å². The first-order chi connectivity index (χ1) is 13.4. The number of rotatable bonds is 4. The third-order valence-electron chi connectivity index (χ3n) is 4.92. The SMILES string of the molecule is Cc1cc(S(=O)(=O)Nc2cccc(-c3nnc4n3CCCCC4)c2)ccc1Br. The highest BCUT2D eigenvalue weighted by atomic mass is 79.9. The quantitative estimate of drug-likeness (QED) is 0.619. The smallest absolute Gasteiger partial charge is 0.261 e. The summed E-state index contributed by atoms with van der Waals surface area (Å²) < 4.78 is 31.3. The molecule has 4 rings (SSSR count). The van der Waals surface area contributed by atoms with Crippen molar-refractivity contribution in [3.8, 4) is 11.4 Å². The number of hydrogen-bond acceptors (Lipinski definition) is 4. The van der Waals surface area contributed by atoms with Gasteiger partial charge in [0, 0.05) is 28.7 Å². The molecule has 0 atom stereocenters. The van der Waals surface area contributed by atoms with Gasteiger partial charge in [-0.3, -0.25) is 4.72 Å². The minimum absolute atomic E-state index is 0.231. The lowest BCUT2D eigenvalue weighted by Gasteiger charge is -2.11. The third kappa shape index (κ3) is 3.84. The molecule has 0 amide bonds. The van der Waals surface area contributed by atoms with Gasteiger partial charge in [0.1, 0.15) is 5.82 Å². The number of fused-ring (bicyclic) bond motifs is 1. The minimum Gasteiger partial charge on any atom is -0.311 e. The molecule has 0 radical (unpaired) electrons. The van der Waals surface area contributed by atoms with E-state index in [-0.39, 0.29) is 4.90 Å². The molecule has 0 bridgehead atoms. The highest BCUT2D eigenvalue weighted by Crippen LogP contribution is 2.27. The van der Waals surface area contributed by atoms with Gasteiger partial charge < -0.3 is 4.57 Å². The highest BCUT2D eigenvalue weighted by molar-refractivity contribution is 9.10. The molecule has 0 unspecified atom stereocenters. The first-order valence-electron chi connectivity index (χ1n) is 9.25. The lowest BCUT2D eigenvalue weighted by atomic mass is 10.2. The van der Waals surface area contributed by atoms with E-state index in [1.165, 1.54) is 6.42 Å². The summed E-state index contributed by atoms with van der Waals surface area (Å²) in [5.41, 5.74) is 2.22. The maximum atomic E-state index is 12.8. The average Bonchev–Trinajstić information content (AvgIpc) is 2.92. The maximum absolute atomic E-state index is 12.8. The molecule has 28 heavy (non-hydrogen) atoms. The van der Waals surface area contributed by atoms with Crippen LogP contribution in [0, 0.1) is 6.92 Å². The molecular formula is C20H21BrN4O2S. The van der Waals surface area contributed by atoms with Gasteiger partial charge in [-0.25, -0.2) is 8.42 Å². The number of hydrogen-bond donors (Lipinski definition) is 1. The molecule has 146 valence electrons. The largest absolute Gasteiger partial charge is 0.311 e. The fourth-order valence-corrected chi connectivity index (χ4v) is 4.80. The molecule has 1 aliphatic heterocycles. The molecule has 3 aromatic rings. The van der Waals surface area contributed by atoms with Crippen molar-refractivity contribution in [3.63, 3.8) is 0 Å². The van der Waals surface area contributed by atoms with Crippen molar-refractivity contribution in [3.05, 3.63) is 58.3 Å². The number of benzene rings is 2. The molecule has 0 spiro atoms. The number of halogens is 1. The second kappa shape index (κ2) is 7.67. The molecule has 0 fully saturated rings. The zero-order chi connectivity index (χ0) is 19.7. The van der Waals surface area contributed by atoms with Gasteiger partial charge in [-0.15, -0.1) is 10.2 Å². The van der Waals surface area contributed by atoms with Crippen LogP contribution < -0.4 is 4.72 Å². The monoisotopic (exact) mass is 460 g/mol. The highest BCUT2D eigenvalue weighted by Gasteiger charge is 2.18. The van der Waals surface area contributed by atoms with E-state index in [4.69, 9.17) is 0 Å². The van der Waals surface area contributed by atoms with Crippen LogP contribution in [0.4, 0.5) is 5.69 Å². The van der Waals surface area contributed by atoms with Crippen LogP contribution in [-0.4, -0.2) is 23.2 Å². The van der Waals surface area contributed by atoms with Crippen LogP contribution in [0.15, 0.2) is 51.8 Å². The van der Waals surface area contributed by atoms with Gasteiger partial charge in [0.05, 0.1) is 4.90 Å². The summed E-state index contributed by atoms with van der Waals surface area (Å²) in [6, 6.07) is 12.3. The third-order valence-corrected chi connectivity index (χ3v) is 7.19. The second-order valence-electron chi connectivity index (χ2n) is 7.00. The Morgan fingerprint density at radius 1 is 1.07 bits per heavy atom. The van der Waals surface area contributed by atoms with Gasteiger partial charge in [0.2, 0.25) is 0 Å². The fourth-order valence-electron chi connectivity index (χ4n) is 3.42. The maximum Gasteiger partial charge on any atom is 0.261 e. The average molecular weight is 461 g/mol. The predicted molar refractivity (Wildman–Crippen MR) is 113 cm³/mol. The van der Waals surface area contributed by atoms with Crippen LogP contribution in [0.2, 0.25) is 0 Å². The van der Waals surface area contributed by atoms with Crippen molar-refractivity contribution in [2.45, 2.75) is 44.0 Å². The Bertz CT molecular complexity index is 1120. The molecule has 0 saturated carbocycles. The van der Waals surface area contributed by atoms with Crippen molar-refractivity contribution in [2.24, 2.45) is 0 Å². The lowest BCUT2D eigenvalue weighted by Crippen LogP contribution is -2.13. The Kier molecular flexibility index (Phi) is 5.25. The van der Waals surface area contributed by atoms with Gasteiger partial charge in [0.15, 0.2) is 5.82 Å². The van der Waals surface area contributed by atoms with Crippen LogP contribution in [0.3, 0.4) is 0 Å². The van der Waals surface area contributed by atoms with Crippen LogP contribution in [0.25, 0.3) is 11.4 Å². The first-order valence-corrected chi connectivity index (χ1v) is 11.5. The molecule has 6 nitrogen and oxygen atoms in total. The fraction of sp³-hybridized carbons (Fsp3) is 0.300. The van der Waals surface area contributed by atoms with Crippen molar-refractivity contribution < 1.29 is 8.42 Å². The molecule has 1 aliphatic rings. The number of anilines is 1. The minimum atomic E-state index is -3.68. The van der Waals surface area contributed by atoms with Gasteiger partial charge >= 0.3 is 0 Å². The molecule has 2 heterocycles. The zero-order valence-corrected chi connectivity index (χ0v) is 17.9. The van der Waals surface area contributed by atoms with Crippen LogP contribution in [0.1, 0.15) is 30.7 Å². The first kappa shape index (κ1) is 19.1. The second-order valence-corrected chi connectivity index (χ2v) is 9.54. The number of sulfonamides is 1. The Morgan fingerprint density at radius 3 is 2.75 bits per heavy atom. The van der Waals surface area contributed by atoms with Crippen molar-refractivity contribution >= 4 is 31.6 Å². The Morgan fingerprint density at radius 2 is 1.93 bits per heavy atom. The molecule has 0 saturated heterocycles. The van der Waals surface area contributed by atoms with Crippen LogP contribution in [0.5, 0.6) is 0 Å². The predicted octanol–water partition coefficient (Wildman–Crippen LogP) is 4.54. The van der Waals surface area contributed by atoms with Crippen molar-refractivity contribution in [2.75, 3.05) is 4.72 Å². The molecular weight excluding hydrogens is 440 g/mol. The normalized spacial score (nSPS) is 14.4. The lowest BCUT2D eigenvalue weighted by molar-refractivity contribution is 0.601. The van der Waals surface area contributed by atoms with E-state index in [1.807, 2.05) is 25.1 Å². The van der Waals surface area contributed by atoms with Gasteiger partial charge in [-0.2, -0.15) is 0 Å². The standard InChI is InChI=1S/C20H21BrN4O2S/c1-14-12-17(9-10-18(14)21)28(26,27)24-16-7-5-6-15(13-16)20-23-22-19-8-3-2-4-11-25(19)20/h5-7,9-10,12-13,24H,2-4,8,11H2,1H3. The van der Waals surface area contributed by atoms with E-state index in [0.29, 0.717) is 5.69 Å². The number of nitrogens with zero attached hydrogens (tertiary/aromatic N) is 3. The summed E-state index contributed by atoms with van der Waals surface area (Å²) in [7, 11) is -3.68. The molecule has 8 heteroatoms. The number of aromatic nitrogens is 3. The summed E-state index contributed by atoms with van der Waals surface area (Å²) in [4.78, 5) is 0.231. The van der Waals surface area contributed by atoms with Gasteiger partial charge in [0.25, 0.3) is 10.0 Å². The molecule has 0 aliphatic carbocycles. The van der Waals surface area contributed by atoms with Crippen LogP contribution in [-0.2, 0) is 23.0 Å². The number of nitrogens with one attached hydrogen (secondary N) is 1. The van der Waals surface area contributed by atoms with Crippen molar-refractivity contribution in [1.82, 2.24) is 14.8 Å². The Hall–Kier alpha value is -2.19. The van der Waals surface area contributed by atoms with E-state index in [9.17, 15) is 8.42 Å². The molecule has 1 N–H and O–H groups in total. The number of aryl methyl sites for hydroxylation is 2. The van der Waals surface area contributed by atoms with E-state index in [1.54, 1.807) is 24.3 Å². The zero-order valence-electron chi connectivity index (χ0n) is 15.5. The molecule has 1 aromatic heterocycles. The van der Waals surface area contributed by atoms with Crippen LogP contribution >= 0.6 is 15.9 Å². The van der Waals surface area contributed by atoms with E-state index < -0.39 is 10.0 Å². The van der Waals surface area contributed by atoms with E-state index in [0.717, 1.165) is 53.1 Å². The van der Waals surface area contributed by atoms with Gasteiger partial charge in [-0.1, -0.05) is 34.5 Å². The Balaban J connectivity index is 1.64. The van der Waals surface area contributed by atoms with E-state index >= 15 is 0 Å². The Labute approximate surface area is 173 Å².